The molecule has 1 amide bonds. The van der Waals surface area contributed by atoms with Crippen LogP contribution in [0, 0.1) is 0 Å². The van der Waals surface area contributed by atoms with Crippen molar-refractivity contribution in [3.63, 3.8) is 0 Å². The molecule has 7 heteroatoms. The number of anilines is 1. The van der Waals surface area contributed by atoms with Gasteiger partial charge in [-0.2, -0.15) is 0 Å². The molecular formula is C11H17Cl2N3O2. The van der Waals surface area contributed by atoms with Crippen LogP contribution in [0.4, 0.5) is 5.82 Å². The summed E-state index contributed by atoms with van der Waals surface area (Å²) in [6.07, 6.45) is 2.72. The second kappa shape index (κ2) is 7.53. The molecule has 3 N–H and O–H groups in total. The van der Waals surface area contributed by atoms with E-state index in [4.69, 9.17) is 10.5 Å². The maximum Gasteiger partial charge on any atom is 0.245 e. The number of hydrogen-bond acceptors (Lipinski definition) is 4. The van der Waals surface area contributed by atoms with Gasteiger partial charge in [0.05, 0.1) is 0 Å². The number of nitrogens with one attached hydrogen (secondary N) is 1. The molecule has 0 radical (unpaired) electrons. The van der Waals surface area contributed by atoms with Crippen LogP contribution in [-0.2, 0) is 9.53 Å². The van der Waals surface area contributed by atoms with Gasteiger partial charge in [-0.15, -0.1) is 24.8 Å². The lowest BCUT2D eigenvalue weighted by atomic mass is 9.90. The molecule has 2 heterocycles. The summed E-state index contributed by atoms with van der Waals surface area (Å²) in [5.41, 5.74) is 5.21. The zero-order valence-corrected chi connectivity index (χ0v) is 11.4. The lowest BCUT2D eigenvalue weighted by molar-refractivity contribution is -0.124. The lowest BCUT2D eigenvalue weighted by Gasteiger charge is -2.31. The zero-order chi connectivity index (χ0) is 11.4. The number of carbonyl (C=O) groups excluding carboxylic acids is 1. The second-order valence-electron chi connectivity index (χ2n) is 3.94. The number of nitrogens with zero attached hydrogens (tertiary/aromatic N) is 1. The molecule has 2 rings (SSSR count). The van der Waals surface area contributed by atoms with E-state index in [9.17, 15) is 4.79 Å². The van der Waals surface area contributed by atoms with Crippen LogP contribution in [-0.4, -0.2) is 29.6 Å². The van der Waals surface area contributed by atoms with E-state index in [0.29, 0.717) is 31.9 Å². The van der Waals surface area contributed by atoms with E-state index in [1.807, 2.05) is 6.07 Å². The maximum atomic E-state index is 12.0. The van der Waals surface area contributed by atoms with Gasteiger partial charge in [0, 0.05) is 19.4 Å². The molecule has 1 aromatic heterocycles. The van der Waals surface area contributed by atoms with Gasteiger partial charge in [0.25, 0.3) is 0 Å². The first-order valence-corrected chi connectivity index (χ1v) is 5.30. The number of halogens is 2. The Morgan fingerprint density at radius 3 is 2.56 bits per heavy atom. The van der Waals surface area contributed by atoms with Crippen molar-refractivity contribution in [3.05, 3.63) is 24.4 Å². The number of aromatic nitrogens is 1. The van der Waals surface area contributed by atoms with Crippen molar-refractivity contribution in [1.82, 2.24) is 4.98 Å². The molecule has 1 aromatic rings. The monoisotopic (exact) mass is 293 g/mol. The number of amides is 1. The van der Waals surface area contributed by atoms with E-state index in [0.717, 1.165) is 0 Å². The Balaban J connectivity index is 0.00000144. The van der Waals surface area contributed by atoms with Crippen molar-refractivity contribution in [2.45, 2.75) is 18.4 Å². The SMILES string of the molecule is Cl.Cl.NC1(C(=O)Nc2ccccn2)CCOCC1. The summed E-state index contributed by atoms with van der Waals surface area (Å²) < 4.78 is 5.19. The van der Waals surface area contributed by atoms with Gasteiger partial charge in [-0.3, -0.25) is 4.79 Å². The molecule has 0 spiro atoms. The molecule has 1 saturated heterocycles. The molecule has 0 saturated carbocycles. The average Bonchev–Trinajstić information content (AvgIpc) is 2.31. The van der Waals surface area contributed by atoms with Crippen LogP contribution in [0.3, 0.4) is 0 Å². The van der Waals surface area contributed by atoms with Crippen molar-refractivity contribution in [1.29, 1.82) is 0 Å². The molecular weight excluding hydrogens is 277 g/mol. The topological polar surface area (TPSA) is 77.2 Å². The average molecular weight is 294 g/mol. The van der Waals surface area contributed by atoms with Crippen molar-refractivity contribution in [3.8, 4) is 0 Å². The summed E-state index contributed by atoms with van der Waals surface area (Å²) in [4.78, 5) is 16.0. The fraction of sp³-hybridized carbons (Fsp3) is 0.455. The predicted molar refractivity (Wildman–Crippen MR) is 74.3 cm³/mol. The van der Waals surface area contributed by atoms with Crippen LogP contribution in [0.5, 0.6) is 0 Å². The first-order valence-electron chi connectivity index (χ1n) is 5.30. The summed E-state index contributed by atoms with van der Waals surface area (Å²) in [6, 6.07) is 5.35. The van der Waals surface area contributed by atoms with Gasteiger partial charge in [0.15, 0.2) is 0 Å². The molecule has 1 aliphatic rings. The van der Waals surface area contributed by atoms with Crippen LogP contribution < -0.4 is 11.1 Å². The minimum atomic E-state index is -0.824. The highest BCUT2D eigenvalue weighted by Gasteiger charge is 2.35. The Hall–Kier alpha value is -0.880. The first-order chi connectivity index (χ1) is 7.71. The zero-order valence-electron chi connectivity index (χ0n) is 9.80. The van der Waals surface area contributed by atoms with Gasteiger partial charge in [-0.1, -0.05) is 6.07 Å². The number of hydrogen-bond donors (Lipinski definition) is 2. The first kappa shape index (κ1) is 17.1. The van der Waals surface area contributed by atoms with Crippen LogP contribution in [0.1, 0.15) is 12.8 Å². The fourth-order valence-corrected chi connectivity index (χ4v) is 1.64. The Morgan fingerprint density at radius 1 is 1.33 bits per heavy atom. The fourth-order valence-electron chi connectivity index (χ4n) is 1.64. The standard InChI is InChI=1S/C11H15N3O2.2ClH/c12-11(4-7-16-8-5-11)10(15)14-9-3-1-2-6-13-9;;/h1-3,6H,4-5,7-8,12H2,(H,13,14,15);2*1H. The number of nitrogens with two attached hydrogens (primary N) is 1. The lowest BCUT2D eigenvalue weighted by Crippen LogP contribution is -2.54. The molecule has 1 aliphatic heterocycles. The number of ether oxygens (including phenoxy) is 1. The van der Waals surface area contributed by atoms with Crippen molar-refractivity contribution in [2.75, 3.05) is 18.5 Å². The van der Waals surface area contributed by atoms with Crippen LogP contribution in [0.2, 0.25) is 0 Å². The summed E-state index contributed by atoms with van der Waals surface area (Å²) >= 11 is 0. The highest BCUT2D eigenvalue weighted by atomic mass is 35.5. The molecule has 0 bridgehead atoms. The Labute approximate surface area is 118 Å². The molecule has 18 heavy (non-hydrogen) atoms. The minimum Gasteiger partial charge on any atom is -0.381 e. The Bertz CT molecular complexity index is 370. The van der Waals surface area contributed by atoms with Gasteiger partial charge < -0.3 is 15.8 Å². The number of carbonyl (C=O) groups is 1. The van der Waals surface area contributed by atoms with Gasteiger partial charge in [-0.25, -0.2) is 4.98 Å². The van der Waals surface area contributed by atoms with Gasteiger partial charge in [0.1, 0.15) is 11.4 Å². The van der Waals surface area contributed by atoms with Crippen LogP contribution in [0.15, 0.2) is 24.4 Å². The summed E-state index contributed by atoms with van der Waals surface area (Å²) in [5.74, 6) is 0.346. The summed E-state index contributed by atoms with van der Waals surface area (Å²) in [6.45, 7) is 1.07. The van der Waals surface area contributed by atoms with Crippen LogP contribution in [0.25, 0.3) is 0 Å². The van der Waals surface area contributed by atoms with Crippen molar-refractivity contribution < 1.29 is 9.53 Å². The third-order valence-corrected chi connectivity index (χ3v) is 2.74. The van der Waals surface area contributed by atoms with Crippen molar-refractivity contribution >= 4 is 36.5 Å². The second-order valence-corrected chi connectivity index (χ2v) is 3.94. The van der Waals surface area contributed by atoms with E-state index in [1.54, 1.807) is 18.3 Å². The van der Waals surface area contributed by atoms with Crippen LogP contribution >= 0.6 is 24.8 Å². The quantitative estimate of drug-likeness (QED) is 0.863. The highest BCUT2D eigenvalue weighted by molar-refractivity contribution is 5.97. The summed E-state index contributed by atoms with van der Waals surface area (Å²) in [7, 11) is 0. The van der Waals surface area contributed by atoms with E-state index in [1.165, 1.54) is 0 Å². The highest BCUT2D eigenvalue weighted by Crippen LogP contribution is 2.19. The van der Waals surface area contributed by atoms with Gasteiger partial charge >= 0.3 is 0 Å². The Kier molecular flexibility index (Phi) is 7.16. The largest absolute Gasteiger partial charge is 0.381 e. The third-order valence-electron chi connectivity index (χ3n) is 2.74. The third kappa shape index (κ3) is 4.10. The maximum absolute atomic E-state index is 12.0. The van der Waals surface area contributed by atoms with E-state index in [-0.39, 0.29) is 30.7 Å². The molecule has 102 valence electrons. The molecule has 0 aliphatic carbocycles. The molecule has 1 fully saturated rings. The smallest absolute Gasteiger partial charge is 0.245 e. The Morgan fingerprint density at radius 2 is 2.00 bits per heavy atom. The summed E-state index contributed by atoms with van der Waals surface area (Å²) in [5, 5.41) is 2.72. The van der Waals surface area contributed by atoms with E-state index >= 15 is 0 Å². The van der Waals surface area contributed by atoms with Crippen molar-refractivity contribution in [2.24, 2.45) is 5.73 Å². The van der Waals surface area contributed by atoms with Gasteiger partial charge in [0.2, 0.25) is 5.91 Å². The normalized spacial score (nSPS) is 16.9. The predicted octanol–water partition coefficient (Wildman–Crippen LogP) is 1.37. The molecule has 0 aromatic carbocycles. The molecule has 0 atom stereocenters. The van der Waals surface area contributed by atoms with E-state index in [2.05, 4.69) is 10.3 Å². The minimum absolute atomic E-state index is 0. The number of pyridine rings is 1. The van der Waals surface area contributed by atoms with E-state index < -0.39 is 5.54 Å². The molecule has 0 unspecified atom stereocenters. The number of rotatable bonds is 2. The van der Waals surface area contributed by atoms with Gasteiger partial charge in [-0.05, 0) is 25.0 Å². The molecule has 5 nitrogen and oxygen atoms in total.